The highest BCUT2D eigenvalue weighted by atomic mass is 32.2. The molecule has 2 aromatic carbocycles. The molecule has 0 bridgehead atoms. The van der Waals surface area contributed by atoms with Crippen LogP contribution in [0.15, 0.2) is 47.4 Å². The molecule has 0 atom stereocenters. The van der Waals surface area contributed by atoms with Crippen LogP contribution in [-0.4, -0.2) is 55.8 Å². The van der Waals surface area contributed by atoms with Gasteiger partial charge in [0, 0.05) is 24.4 Å². The second kappa shape index (κ2) is 10.7. The number of ether oxygens (including phenoxy) is 1. The van der Waals surface area contributed by atoms with Crippen LogP contribution in [0.2, 0.25) is 0 Å². The van der Waals surface area contributed by atoms with Crippen LogP contribution in [0, 0.1) is 5.82 Å². The van der Waals surface area contributed by atoms with Gasteiger partial charge in [0.2, 0.25) is 5.91 Å². The summed E-state index contributed by atoms with van der Waals surface area (Å²) in [7, 11) is 5.61. The first kappa shape index (κ1) is 22.5. The van der Waals surface area contributed by atoms with E-state index >= 15 is 0 Å². The molecular formula is C22H26FN3O2S2. The maximum absolute atomic E-state index is 13.0. The van der Waals surface area contributed by atoms with Crippen LogP contribution in [0.5, 0.6) is 5.75 Å². The fourth-order valence-electron chi connectivity index (χ4n) is 2.90. The molecule has 1 amide bonds. The topological polar surface area (TPSA) is 45.7 Å². The van der Waals surface area contributed by atoms with E-state index in [2.05, 4.69) is 4.90 Å². The van der Waals surface area contributed by atoms with Crippen molar-refractivity contribution in [2.24, 2.45) is 0 Å². The van der Waals surface area contributed by atoms with Gasteiger partial charge in [-0.05, 0) is 62.7 Å². The number of carbonyl (C=O) groups excluding carboxylic acids is 1. The first-order chi connectivity index (χ1) is 14.5. The highest BCUT2D eigenvalue weighted by molar-refractivity contribution is 7.99. The van der Waals surface area contributed by atoms with E-state index in [1.165, 1.54) is 23.5 Å². The Kier molecular flexibility index (Phi) is 8.07. The Morgan fingerprint density at radius 2 is 1.93 bits per heavy atom. The van der Waals surface area contributed by atoms with Crippen LogP contribution in [0.3, 0.4) is 0 Å². The Hall–Kier alpha value is -2.16. The Balaban J connectivity index is 1.66. The van der Waals surface area contributed by atoms with Gasteiger partial charge in [-0.3, -0.25) is 9.69 Å². The Morgan fingerprint density at radius 3 is 2.63 bits per heavy atom. The van der Waals surface area contributed by atoms with Crippen LogP contribution in [0.4, 0.5) is 9.52 Å². The van der Waals surface area contributed by atoms with E-state index < -0.39 is 0 Å². The van der Waals surface area contributed by atoms with Gasteiger partial charge >= 0.3 is 0 Å². The van der Waals surface area contributed by atoms with E-state index in [9.17, 15) is 9.18 Å². The highest BCUT2D eigenvalue weighted by Gasteiger charge is 2.20. The minimum absolute atomic E-state index is 0.0644. The predicted octanol–water partition coefficient (Wildman–Crippen LogP) is 4.91. The fourth-order valence-corrected chi connectivity index (χ4v) is 4.78. The van der Waals surface area contributed by atoms with E-state index in [4.69, 9.17) is 9.72 Å². The number of nitrogens with zero attached hydrogens (tertiary/aromatic N) is 3. The standard InChI is InChI=1S/C22H26FN3O2S2/c1-25(2)13-14-26(22-24-21-18(28-3)6-4-7-19(21)30-22)20(27)8-5-15-29-17-11-9-16(23)10-12-17/h4,6-7,9-12H,5,8,13-15H2,1-3H3. The number of halogens is 1. The zero-order chi connectivity index (χ0) is 21.5. The number of likely N-dealkylation sites (N-methyl/N-ethyl adjacent to an activating group) is 1. The quantitative estimate of drug-likeness (QED) is 0.326. The third-order valence-corrected chi connectivity index (χ3v) is 6.65. The van der Waals surface area contributed by atoms with Gasteiger partial charge in [-0.15, -0.1) is 11.8 Å². The second-order valence-electron chi connectivity index (χ2n) is 7.06. The Labute approximate surface area is 184 Å². The summed E-state index contributed by atoms with van der Waals surface area (Å²) in [6.45, 7) is 1.34. The summed E-state index contributed by atoms with van der Waals surface area (Å²) < 4.78 is 19.4. The lowest BCUT2D eigenvalue weighted by Crippen LogP contribution is -2.36. The molecule has 5 nitrogen and oxygen atoms in total. The van der Waals surface area contributed by atoms with Gasteiger partial charge in [-0.2, -0.15) is 0 Å². The number of hydrogen-bond donors (Lipinski definition) is 0. The molecule has 0 fully saturated rings. The molecule has 1 heterocycles. The molecule has 0 unspecified atom stereocenters. The summed E-state index contributed by atoms with van der Waals surface area (Å²) in [6.07, 6.45) is 1.18. The van der Waals surface area contributed by atoms with Gasteiger partial charge < -0.3 is 9.64 Å². The number of rotatable bonds is 10. The molecular weight excluding hydrogens is 421 g/mol. The number of fused-ring (bicyclic) bond motifs is 1. The maximum Gasteiger partial charge on any atom is 0.228 e. The van der Waals surface area contributed by atoms with Crippen molar-refractivity contribution in [3.8, 4) is 5.75 Å². The number of para-hydroxylation sites is 1. The minimum Gasteiger partial charge on any atom is -0.494 e. The Morgan fingerprint density at radius 1 is 1.17 bits per heavy atom. The number of benzene rings is 2. The van der Waals surface area contributed by atoms with Crippen LogP contribution in [0.25, 0.3) is 10.2 Å². The SMILES string of the molecule is COc1cccc2sc(N(CCN(C)C)C(=O)CCCSc3ccc(F)cc3)nc12. The highest BCUT2D eigenvalue weighted by Crippen LogP contribution is 2.34. The van der Waals surface area contributed by atoms with Crippen molar-refractivity contribution in [2.75, 3.05) is 44.9 Å². The molecule has 30 heavy (non-hydrogen) atoms. The predicted molar refractivity (Wildman–Crippen MR) is 123 cm³/mol. The van der Waals surface area contributed by atoms with E-state index in [1.807, 2.05) is 32.3 Å². The van der Waals surface area contributed by atoms with Crippen LogP contribution >= 0.6 is 23.1 Å². The van der Waals surface area contributed by atoms with Gasteiger partial charge in [-0.25, -0.2) is 9.37 Å². The molecule has 0 N–H and O–H groups in total. The number of amides is 1. The van der Waals surface area contributed by atoms with Crippen molar-refractivity contribution in [3.63, 3.8) is 0 Å². The summed E-state index contributed by atoms with van der Waals surface area (Å²) in [4.78, 5) is 22.6. The average molecular weight is 448 g/mol. The number of thiazole rings is 1. The minimum atomic E-state index is -0.237. The molecule has 3 aromatic rings. The maximum atomic E-state index is 13.0. The van der Waals surface area contributed by atoms with Crippen LogP contribution in [-0.2, 0) is 4.79 Å². The van der Waals surface area contributed by atoms with Crippen molar-refractivity contribution >= 4 is 44.4 Å². The molecule has 3 rings (SSSR count). The van der Waals surface area contributed by atoms with Gasteiger partial charge in [0.1, 0.15) is 17.1 Å². The number of hydrogen-bond acceptors (Lipinski definition) is 6. The lowest BCUT2D eigenvalue weighted by Gasteiger charge is -2.22. The summed E-state index contributed by atoms with van der Waals surface area (Å²) in [5, 5.41) is 0.701. The van der Waals surface area contributed by atoms with Crippen molar-refractivity contribution < 1.29 is 13.9 Å². The molecule has 0 saturated heterocycles. The summed E-state index contributed by atoms with van der Waals surface area (Å²) in [5.41, 5.74) is 0.787. The van der Waals surface area contributed by atoms with Gasteiger partial charge in [-0.1, -0.05) is 17.4 Å². The summed E-state index contributed by atoms with van der Waals surface area (Å²) in [6, 6.07) is 12.2. The number of aromatic nitrogens is 1. The smallest absolute Gasteiger partial charge is 0.228 e. The monoisotopic (exact) mass is 447 g/mol. The van der Waals surface area contributed by atoms with E-state index in [-0.39, 0.29) is 11.7 Å². The number of anilines is 1. The molecule has 0 saturated carbocycles. The number of carbonyl (C=O) groups is 1. The van der Waals surface area contributed by atoms with Crippen molar-refractivity contribution in [1.82, 2.24) is 9.88 Å². The largest absolute Gasteiger partial charge is 0.494 e. The zero-order valence-electron chi connectivity index (χ0n) is 17.4. The third kappa shape index (κ3) is 5.93. The van der Waals surface area contributed by atoms with Gasteiger partial charge in [0.15, 0.2) is 5.13 Å². The Bertz CT molecular complexity index is 976. The molecule has 0 radical (unpaired) electrons. The second-order valence-corrected chi connectivity index (χ2v) is 9.24. The van der Waals surface area contributed by atoms with Gasteiger partial charge in [0.25, 0.3) is 0 Å². The number of thioether (sulfide) groups is 1. The molecule has 0 spiro atoms. The first-order valence-electron chi connectivity index (χ1n) is 9.75. The van der Waals surface area contributed by atoms with Crippen molar-refractivity contribution in [1.29, 1.82) is 0 Å². The van der Waals surface area contributed by atoms with Crippen LogP contribution < -0.4 is 9.64 Å². The van der Waals surface area contributed by atoms with E-state index in [0.29, 0.717) is 23.8 Å². The van der Waals surface area contributed by atoms with Crippen molar-refractivity contribution in [3.05, 3.63) is 48.3 Å². The zero-order valence-corrected chi connectivity index (χ0v) is 19.1. The van der Waals surface area contributed by atoms with Gasteiger partial charge in [0.05, 0.1) is 11.8 Å². The lowest BCUT2D eigenvalue weighted by atomic mass is 10.3. The van der Waals surface area contributed by atoms with Crippen molar-refractivity contribution in [2.45, 2.75) is 17.7 Å². The third-order valence-electron chi connectivity index (χ3n) is 4.51. The number of methoxy groups -OCH3 is 1. The van der Waals surface area contributed by atoms with Crippen LogP contribution in [0.1, 0.15) is 12.8 Å². The summed E-state index contributed by atoms with van der Waals surface area (Å²) >= 11 is 3.14. The fraction of sp³-hybridized carbons (Fsp3) is 0.364. The molecule has 8 heteroatoms. The first-order valence-corrected chi connectivity index (χ1v) is 11.5. The average Bonchev–Trinajstić information content (AvgIpc) is 3.16. The van der Waals surface area contributed by atoms with E-state index in [1.54, 1.807) is 35.9 Å². The molecule has 0 aliphatic rings. The normalized spacial score (nSPS) is 11.2. The van der Waals surface area contributed by atoms with E-state index in [0.717, 1.165) is 33.8 Å². The molecule has 1 aromatic heterocycles. The molecule has 0 aliphatic heterocycles. The lowest BCUT2D eigenvalue weighted by molar-refractivity contribution is -0.118. The molecule has 160 valence electrons. The molecule has 0 aliphatic carbocycles. The summed E-state index contributed by atoms with van der Waals surface area (Å²) in [5.74, 6) is 1.34.